The highest BCUT2D eigenvalue weighted by Crippen LogP contribution is 2.28. The molecular weight excluding hydrogens is 532 g/mol. The van der Waals surface area contributed by atoms with Crippen molar-refractivity contribution in [3.63, 3.8) is 0 Å². The van der Waals surface area contributed by atoms with Crippen molar-refractivity contribution in [1.82, 2.24) is 19.9 Å². The van der Waals surface area contributed by atoms with E-state index >= 15 is 0 Å². The number of hydrogen-bond donors (Lipinski definition) is 2. The highest BCUT2D eigenvalue weighted by Gasteiger charge is 2.35. The summed E-state index contributed by atoms with van der Waals surface area (Å²) in [6.07, 6.45) is 2.38. The molecule has 1 aromatic carbocycles. The zero-order chi connectivity index (χ0) is 27.4. The van der Waals surface area contributed by atoms with E-state index in [1.165, 1.54) is 13.3 Å². The largest absolute Gasteiger partial charge is 0.493 e. The highest BCUT2D eigenvalue weighted by atomic mass is 32.2. The summed E-state index contributed by atoms with van der Waals surface area (Å²) in [6.45, 7) is 3.60. The first kappa shape index (κ1) is 27.7. The summed E-state index contributed by atoms with van der Waals surface area (Å²) in [4.78, 5) is 43.1. The molecule has 0 saturated carbocycles. The molecule has 2 N–H and O–H groups in total. The van der Waals surface area contributed by atoms with E-state index in [1.54, 1.807) is 29.6 Å². The number of benzene rings is 1. The monoisotopic (exact) mass is 562 g/mol. The summed E-state index contributed by atoms with van der Waals surface area (Å²) in [5.74, 6) is -0.941. The lowest BCUT2D eigenvalue weighted by molar-refractivity contribution is -0.129. The summed E-state index contributed by atoms with van der Waals surface area (Å²) in [7, 11) is -2.39. The van der Waals surface area contributed by atoms with Crippen molar-refractivity contribution in [2.24, 2.45) is 5.92 Å². The van der Waals surface area contributed by atoms with Crippen LogP contribution in [0.5, 0.6) is 5.75 Å². The number of methoxy groups -OCH3 is 1. The third kappa shape index (κ3) is 6.05. The van der Waals surface area contributed by atoms with Crippen molar-refractivity contribution in [2.45, 2.75) is 49.5 Å². The summed E-state index contributed by atoms with van der Waals surface area (Å²) >= 11 is 0.983. The van der Waals surface area contributed by atoms with Crippen molar-refractivity contribution in [3.8, 4) is 5.75 Å². The van der Waals surface area contributed by atoms with Gasteiger partial charge in [0.1, 0.15) is 6.04 Å². The normalized spacial score (nSPS) is 17.8. The molecule has 2 aromatic heterocycles. The number of fused-ring (bicyclic) bond motifs is 1. The van der Waals surface area contributed by atoms with E-state index in [-0.39, 0.29) is 35.5 Å². The average molecular weight is 563 g/mol. The fraction of sp³-hybridized carbons (Fsp3) is 0.440. The first-order valence-corrected chi connectivity index (χ1v) is 14.5. The molecule has 0 bridgehead atoms. The Morgan fingerprint density at radius 1 is 1.32 bits per heavy atom. The van der Waals surface area contributed by atoms with Gasteiger partial charge in [-0.3, -0.25) is 14.4 Å². The molecule has 1 aliphatic heterocycles. The second-order valence-corrected chi connectivity index (χ2v) is 12.5. The Labute approximate surface area is 224 Å². The molecule has 0 aliphatic carbocycles. The second kappa shape index (κ2) is 11.6. The van der Waals surface area contributed by atoms with Gasteiger partial charge < -0.3 is 19.8 Å². The first-order chi connectivity index (χ1) is 18.1. The topological polar surface area (TPSA) is 148 Å². The predicted octanol–water partition coefficient (Wildman–Crippen LogP) is 2.58. The number of nitrogens with one attached hydrogen (secondary N) is 2. The van der Waals surface area contributed by atoms with Crippen LogP contribution < -0.4 is 15.4 Å². The Hall–Kier alpha value is -3.29. The minimum atomic E-state index is -3.89. The molecule has 2 amide bonds. The Kier molecular flexibility index (Phi) is 8.48. The number of sulfonamides is 1. The van der Waals surface area contributed by atoms with Gasteiger partial charge in [0.25, 0.3) is 15.9 Å². The number of furan rings is 1. The predicted molar refractivity (Wildman–Crippen MR) is 141 cm³/mol. The van der Waals surface area contributed by atoms with Crippen molar-refractivity contribution in [1.29, 1.82) is 0 Å². The smallest absolute Gasteiger partial charge is 0.287 e. The Morgan fingerprint density at radius 3 is 2.79 bits per heavy atom. The Bertz CT molecular complexity index is 1420. The summed E-state index contributed by atoms with van der Waals surface area (Å²) < 4.78 is 37.7. The van der Waals surface area contributed by atoms with Gasteiger partial charge >= 0.3 is 0 Å². The maximum Gasteiger partial charge on any atom is 0.287 e. The highest BCUT2D eigenvalue weighted by molar-refractivity contribution is 7.91. The number of hydrogen-bond acceptors (Lipinski definition) is 9. The van der Waals surface area contributed by atoms with Crippen LogP contribution in [0.4, 0.5) is 0 Å². The van der Waals surface area contributed by atoms with E-state index in [4.69, 9.17) is 9.15 Å². The molecular formula is C25H30N4O7S2. The van der Waals surface area contributed by atoms with Gasteiger partial charge in [0.2, 0.25) is 10.2 Å². The van der Waals surface area contributed by atoms with Crippen LogP contribution in [-0.2, 0) is 19.6 Å². The minimum absolute atomic E-state index is 0.0274. The average Bonchev–Trinajstić information content (AvgIpc) is 3.53. The van der Waals surface area contributed by atoms with Gasteiger partial charge in [-0.1, -0.05) is 26.0 Å². The van der Waals surface area contributed by atoms with Gasteiger partial charge in [0, 0.05) is 23.5 Å². The fourth-order valence-corrected chi connectivity index (χ4v) is 6.73. The van der Waals surface area contributed by atoms with Crippen molar-refractivity contribution >= 4 is 49.9 Å². The zero-order valence-corrected chi connectivity index (χ0v) is 22.9. The van der Waals surface area contributed by atoms with Crippen LogP contribution in [0.1, 0.15) is 43.7 Å². The molecule has 0 radical (unpaired) electrons. The minimum Gasteiger partial charge on any atom is -0.493 e. The fourth-order valence-electron chi connectivity index (χ4n) is 4.32. The number of thiazole rings is 1. The lowest BCUT2D eigenvalue weighted by Crippen LogP contribution is -2.52. The number of aromatic nitrogens is 1. The van der Waals surface area contributed by atoms with Gasteiger partial charge in [-0.25, -0.2) is 13.4 Å². The van der Waals surface area contributed by atoms with E-state index in [1.807, 2.05) is 13.8 Å². The van der Waals surface area contributed by atoms with E-state index < -0.39 is 39.7 Å². The maximum absolute atomic E-state index is 13.2. The van der Waals surface area contributed by atoms with Gasteiger partial charge in [-0.15, -0.1) is 11.3 Å². The third-order valence-corrected chi connectivity index (χ3v) is 9.21. The molecule has 2 atom stereocenters. The summed E-state index contributed by atoms with van der Waals surface area (Å²) in [5, 5.41) is 7.70. The molecule has 1 aliphatic rings. The van der Waals surface area contributed by atoms with Gasteiger partial charge in [0.15, 0.2) is 22.9 Å². The second-order valence-electron chi connectivity index (χ2n) is 9.45. The van der Waals surface area contributed by atoms with Gasteiger partial charge in [-0.2, -0.15) is 4.31 Å². The van der Waals surface area contributed by atoms with E-state index in [9.17, 15) is 22.8 Å². The van der Waals surface area contributed by atoms with Gasteiger partial charge in [-0.05, 0) is 37.3 Å². The SMILES string of the molecule is COc1cccc2cc(C(=O)NC(CC(C)C)C(=O)N[C@H]3CCCN(S(=O)(=O)c4nccs4)CC3=O)oc12. The zero-order valence-electron chi connectivity index (χ0n) is 21.3. The lowest BCUT2D eigenvalue weighted by Gasteiger charge is -2.23. The molecule has 0 spiro atoms. The molecule has 11 nitrogen and oxygen atoms in total. The molecule has 4 rings (SSSR count). The van der Waals surface area contributed by atoms with Crippen LogP contribution in [0.15, 0.2) is 44.6 Å². The van der Waals surface area contributed by atoms with E-state index in [0.717, 1.165) is 15.6 Å². The maximum atomic E-state index is 13.2. The molecule has 3 aromatic rings. The molecule has 1 saturated heterocycles. The van der Waals surface area contributed by atoms with Crippen LogP contribution in [0, 0.1) is 5.92 Å². The Balaban J connectivity index is 1.45. The standard InChI is InChI=1S/C25H30N4O7S2/c1-15(2)12-18(28-24(32)21-13-16-6-4-8-20(35-3)22(16)36-21)23(31)27-17-7-5-10-29(14-19(17)30)38(33,34)25-26-9-11-37-25/h4,6,8-9,11,13,15,17-18H,5,7,10,12,14H2,1-3H3,(H,27,31)(H,28,32)/t17-,18?/m0/s1. The van der Waals surface area contributed by atoms with Crippen molar-refractivity contribution < 1.29 is 32.0 Å². The molecule has 38 heavy (non-hydrogen) atoms. The number of ketones is 1. The van der Waals surface area contributed by atoms with Gasteiger partial charge in [0.05, 0.1) is 19.7 Å². The van der Waals surface area contributed by atoms with E-state index in [2.05, 4.69) is 15.6 Å². The van der Waals surface area contributed by atoms with Crippen molar-refractivity contribution in [3.05, 3.63) is 41.6 Å². The molecule has 1 fully saturated rings. The number of carbonyl (C=O) groups excluding carboxylic acids is 3. The van der Waals surface area contributed by atoms with Crippen LogP contribution in [0.25, 0.3) is 11.0 Å². The number of ether oxygens (including phenoxy) is 1. The van der Waals surface area contributed by atoms with E-state index in [0.29, 0.717) is 29.6 Å². The van der Waals surface area contributed by atoms with Crippen LogP contribution in [0.3, 0.4) is 0 Å². The summed E-state index contributed by atoms with van der Waals surface area (Å²) in [5.41, 5.74) is 0.423. The molecule has 3 heterocycles. The first-order valence-electron chi connectivity index (χ1n) is 12.2. The quantitative estimate of drug-likeness (QED) is 0.404. The molecule has 1 unspecified atom stereocenters. The number of nitrogens with zero attached hydrogens (tertiary/aromatic N) is 2. The summed E-state index contributed by atoms with van der Waals surface area (Å²) in [6, 6.07) is 5.05. The number of rotatable bonds is 9. The number of amides is 2. The molecule has 204 valence electrons. The Morgan fingerprint density at radius 2 is 2.11 bits per heavy atom. The van der Waals surface area contributed by atoms with Crippen molar-refractivity contribution in [2.75, 3.05) is 20.2 Å². The van der Waals surface area contributed by atoms with Crippen LogP contribution in [0.2, 0.25) is 0 Å². The number of Topliss-reactive ketones (excluding diaryl/α,β-unsaturated/α-hetero) is 1. The lowest BCUT2D eigenvalue weighted by atomic mass is 10.0. The molecule has 13 heteroatoms. The van der Waals surface area contributed by atoms with Crippen LogP contribution in [-0.4, -0.2) is 67.6 Å². The third-order valence-electron chi connectivity index (χ3n) is 6.19. The van der Waals surface area contributed by atoms with Crippen LogP contribution >= 0.6 is 11.3 Å². The number of carbonyl (C=O) groups is 3. The number of para-hydroxylation sites is 1.